The minimum atomic E-state index is -0.371. The first-order valence-corrected chi connectivity index (χ1v) is 6.34. The highest BCUT2D eigenvalue weighted by Gasteiger charge is 2.25. The number of aryl methyl sites for hydroxylation is 1. The first-order chi connectivity index (χ1) is 9.05. The fourth-order valence-electron chi connectivity index (χ4n) is 1.71. The summed E-state index contributed by atoms with van der Waals surface area (Å²) in [6.07, 6.45) is 1.67. The minimum absolute atomic E-state index is 0.352. The van der Waals surface area contributed by atoms with Gasteiger partial charge in [0.15, 0.2) is 11.5 Å². The average molecular weight is 279 g/mol. The molecule has 19 heavy (non-hydrogen) atoms. The summed E-state index contributed by atoms with van der Waals surface area (Å²) in [6.45, 7) is 1.90. The lowest BCUT2D eigenvalue weighted by Crippen LogP contribution is -2.17. The van der Waals surface area contributed by atoms with Crippen LogP contribution in [-0.4, -0.2) is 25.4 Å². The third kappa shape index (κ3) is 2.73. The molecule has 5 nitrogen and oxygen atoms in total. The van der Waals surface area contributed by atoms with Gasteiger partial charge in [-0.25, -0.2) is 0 Å². The molecule has 1 saturated heterocycles. The van der Waals surface area contributed by atoms with E-state index in [1.165, 1.54) is 0 Å². The van der Waals surface area contributed by atoms with E-state index in [2.05, 4.69) is 5.32 Å². The van der Waals surface area contributed by atoms with Crippen LogP contribution in [0.4, 0.5) is 4.79 Å². The molecule has 100 valence electrons. The number of methoxy groups -OCH3 is 2. The van der Waals surface area contributed by atoms with Crippen LogP contribution in [0, 0.1) is 6.92 Å². The number of ether oxygens (including phenoxy) is 2. The van der Waals surface area contributed by atoms with Gasteiger partial charge in [0.25, 0.3) is 11.1 Å². The number of hydrogen-bond acceptors (Lipinski definition) is 5. The number of rotatable bonds is 3. The van der Waals surface area contributed by atoms with E-state index in [0.29, 0.717) is 16.4 Å². The highest BCUT2D eigenvalue weighted by molar-refractivity contribution is 8.18. The van der Waals surface area contributed by atoms with Crippen LogP contribution in [0.25, 0.3) is 6.08 Å². The zero-order chi connectivity index (χ0) is 14.0. The molecule has 0 unspecified atom stereocenters. The van der Waals surface area contributed by atoms with E-state index in [4.69, 9.17) is 9.47 Å². The van der Waals surface area contributed by atoms with Crippen molar-refractivity contribution in [2.75, 3.05) is 14.2 Å². The van der Waals surface area contributed by atoms with Crippen molar-refractivity contribution in [2.24, 2.45) is 0 Å². The maximum absolute atomic E-state index is 11.5. The molecule has 1 aromatic carbocycles. The molecule has 1 heterocycles. The number of nitrogens with one attached hydrogen (secondary N) is 1. The number of imide groups is 1. The fourth-order valence-corrected chi connectivity index (χ4v) is 2.39. The average Bonchev–Trinajstić information content (AvgIpc) is 2.69. The van der Waals surface area contributed by atoms with Crippen molar-refractivity contribution in [1.82, 2.24) is 5.32 Å². The number of carbonyl (C=O) groups is 2. The largest absolute Gasteiger partial charge is 0.493 e. The first kappa shape index (κ1) is 13.5. The molecule has 0 radical (unpaired) electrons. The van der Waals surface area contributed by atoms with Crippen LogP contribution in [0.3, 0.4) is 0 Å². The van der Waals surface area contributed by atoms with Gasteiger partial charge in [-0.05, 0) is 48.0 Å². The Hall–Kier alpha value is -1.95. The summed E-state index contributed by atoms with van der Waals surface area (Å²) in [6, 6.07) is 3.60. The Kier molecular flexibility index (Phi) is 3.80. The second-order valence-electron chi connectivity index (χ2n) is 3.92. The van der Waals surface area contributed by atoms with Gasteiger partial charge in [0.05, 0.1) is 19.1 Å². The normalized spacial score (nSPS) is 16.7. The van der Waals surface area contributed by atoms with Crippen LogP contribution in [-0.2, 0) is 4.79 Å². The molecule has 1 N–H and O–H groups in total. The molecular formula is C13H13NO4S. The second kappa shape index (κ2) is 5.36. The van der Waals surface area contributed by atoms with Crippen LogP contribution >= 0.6 is 11.8 Å². The SMILES string of the molecule is COc1cc(C)c(/C=C2/SC(=O)NC2=O)cc1OC. The molecule has 0 aromatic heterocycles. The lowest BCUT2D eigenvalue weighted by Gasteiger charge is -2.10. The molecule has 1 aromatic rings. The van der Waals surface area contributed by atoms with E-state index in [0.717, 1.165) is 22.9 Å². The van der Waals surface area contributed by atoms with Gasteiger partial charge in [-0.2, -0.15) is 0 Å². The molecule has 2 rings (SSSR count). The maximum atomic E-state index is 11.5. The van der Waals surface area contributed by atoms with Gasteiger partial charge in [0.1, 0.15) is 0 Å². The predicted molar refractivity (Wildman–Crippen MR) is 73.4 cm³/mol. The monoisotopic (exact) mass is 279 g/mol. The van der Waals surface area contributed by atoms with E-state index in [1.54, 1.807) is 26.4 Å². The van der Waals surface area contributed by atoms with Crippen molar-refractivity contribution >= 4 is 29.0 Å². The van der Waals surface area contributed by atoms with E-state index in [-0.39, 0.29) is 11.1 Å². The summed E-state index contributed by atoms with van der Waals surface area (Å²) in [4.78, 5) is 23.0. The molecule has 1 aliphatic heterocycles. The summed E-state index contributed by atoms with van der Waals surface area (Å²) in [5.41, 5.74) is 1.74. The second-order valence-corrected chi connectivity index (χ2v) is 4.93. The van der Waals surface area contributed by atoms with Crippen molar-refractivity contribution in [2.45, 2.75) is 6.92 Å². The lowest BCUT2D eigenvalue weighted by molar-refractivity contribution is -0.115. The molecular weight excluding hydrogens is 266 g/mol. The number of benzene rings is 1. The van der Waals surface area contributed by atoms with Crippen LogP contribution < -0.4 is 14.8 Å². The van der Waals surface area contributed by atoms with Crippen molar-refractivity contribution in [1.29, 1.82) is 0 Å². The molecule has 1 aliphatic rings. The third-order valence-corrected chi connectivity index (χ3v) is 3.51. The molecule has 0 saturated carbocycles. The highest BCUT2D eigenvalue weighted by atomic mass is 32.2. The van der Waals surface area contributed by atoms with Gasteiger partial charge in [-0.3, -0.25) is 14.9 Å². The van der Waals surface area contributed by atoms with Gasteiger partial charge in [-0.15, -0.1) is 0 Å². The summed E-state index contributed by atoms with van der Waals surface area (Å²) in [7, 11) is 3.11. The van der Waals surface area contributed by atoms with Gasteiger partial charge in [0.2, 0.25) is 0 Å². The Morgan fingerprint density at radius 3 is 2.32 bits per heavy atom. The number of hydrogen-bond donors (Lipinski definition) is 1. The highest BCUT2D eigenvalue weighted by Crippen LogP contribution is 2.33. The lowest BCUT2D eigenvalue weighted by atomic mass is 10.1. The summed E-state index contributed by atoms with van der Waals surface area (Å²) in [5.74, 6) is 0.834. The Bertz CT molecular complexity index is 580. The zero-order valence-corrected chi connectivity index (χ0v) is 11.6. The molecule has 0 aliphatic carbocycles. The Morgan fingerprint density at radius 1 is 1.16 bits per heavy atom. The smallest absolute Gasteiger partial charge is 0.290 e. The fraction of sp³-hybridized carbons (Fsp3) is 0.231. The van der Waals surface area contributed by atoms with Crippen LogP contribution in [0.15, 0.2) is 17.0 Å². The summed E-state index contributed by atoms with van der Waals surface area (Å²) in [5, 5.41) is 1.87. The van der Waals surface area contributed by atoms with Crippen LogP contribution in [0.1, 0.15) is 11.1 Å². The Labute approximate surface area is 115 Å². The van der Waals surface area contributed by atoms with Gasteiger partial charge >= 0.3 is 0 Å². The molecule has 0 bridgehead atoms. The van der Waals surface area contributed by atoms with Gasteiger partial charge < -0.3 is 9.47 Å². The van der Waals surface area contributed by atoms with Crippen molar-refractivity contribution in [3.8, 4) is 11.5 Å². The topological polar surface area (TPSA) is 64.6 Å². The van der Waals surface area contributed by atoms with Gasteiger partial charge in [0, 0.05) is 0 Å². The number of amides is 2. The number of thioether (sulfide) groups is 1. The van der Waals surface area contributed by atoms with Crippen molar-refractivity contribution in [3.05, 3.63) is 28.2 Å². The van der Waals surface area contributed by atoms with Crippen molar-refractivity contribution in [3.63, 3.8) is 0 Å². The summed E-state index contributed by atoms with van der Waals surface area (Å²) >= 11 is 0.890. The van der Waals surface area contributed by atoms with Crippen LogP contribution in [0.2, 0.25) is 0 Å². The Balaban J connectivity index is 2.43. The van der Waals surface area contributed by atoms with Gasteiger partial charge in [-0.1, -0.05) is 0 Å². The standard InChI is InChI=1S/C13H13NO4S/c1-7-4-9(17-2)10(18-3)5-8(7)6-11-12(15)14-13(16)19-11/h4-6H,1-3H3,(H,14,15,16)/b11-6+. The first-order valence-electron chi connectivity index (χ1n) is 5.52. The zero-order valence-electron chi connectivity index (χ0n) is 10.8. The quantitative estimate of drug-likeness (QED) is 0.860. The maximum Gasteiger partial charge on any atom is 0.290 e. The van der Waals surface area contributed by atoms with E-state index in [9.17, 15) is 9.59 Å². The third-order valence-electron chi connectivity index (χ3n) is 2.70. The van der Waals surface area contributed by atoms with E-state index < -0.39 is 0 Å². The minimum Gasteiger partial charge on any atom is -0.493 e. The molecule has 1 fully saturated rings. The predicted octanol–water partition coefficient (Wildman–Crippen LogP) is 2.34. The number of carbonyl (C=O) groups excluding carboxylic acids is 2. The molecule has 0 atom stereocenters. The Morgan fingerprint density at radius 2 is 1.79 bits per heavy atom. The molecule has 2 amide bonds. The van der Waals surface area contributed by atoms with Crippen LogP contribution in [0.5, 0.6) is 11.5 Å². The van der Waals surface area contributed by atoms with E-state index >= 15 is 0 Å². The molecule has 0 spiro atoms. The van der Waals surface area contributed by atoms with E-state index in [1.807, 2.05) is 13.0 Å². The van der Waals surface area contributed by atoms with Crippen molar-refractivity contribution < 1.29 is 19.1 Å². The summed E-state index contributed by atoms with van der Waals surface area (Å²) < 4.78 is 10.4. The molecule has 6 heteroatoms.